The molecule has 1 atom stereocenters. The van der Waals surface area contributed by atoms with Crippen LogP contribution in [0.15, 0.2) is 234 Å². The molecule has 1 unspecified atom stereocenters. The number of hydrogen-bond acceptors (Lipinski definition) is 2. The highest BCUT2D eigenvalue weighted by Gasteiger charge is 2.51. The van der Waals surface area contributed by atoms with Crippen molar-refractivity contribution in [3.63, 3.8) is 0 Å². The SMILES string of the molecule is CC1(C)c2ccccc2-c2ccc(N(c3ccc(-c4ccccc4)cc3)c3ccc(-c4cccc5c4Sc4ccccc4C54c5ccccc5-c5c4ccc4ccccc54)cc3)cc21. The van der Waals surface area contributed by atoms with Crippen LogP contribution < -0.4 is 4.90 Å². The zero-order valence-corrected chi connectivity index (χ0v) is 36.5. The molecule has 0 saturated carbocycles. The first kappa shape index (κ1) is 37.2. The smallest absolute Gasteiger partial charge is 0.0735 e. The lowest BCUT2D eigenvalue weighted by molar-refractivity contribution is 0.660. The molecule has 2 heteroatoms. The van der Waals surface area contributed by atoms with Gasteiger partial charge in [0.2, 0.25) is 0 Å². The van der Waals surface area contributed by atoms with Gasteiger partial charge in [-0.2, -0.15) is 0 Å². The highest BCUT2D eigenvalue weighted by molar-refractivity contribution is 7.99. The molecule has 3 aliphatic rings. The molecule has 0 radical (unpaired) electrons. The van der Waals surface area contributed by atoms with Crippen molar-refractivity contribution in [3.8, 4) is 44.5 Å². The molecule has 0 N–H and O–H groups in total. The minimum atomic E-state index is -0.452. The summed E-state index contributed by atoms with van der Waals surface area (Å²) in [5, 5.41) is 2.58. The van der Waals surface area contributed by atoms with E-state index in [1.807, 2.05) is 11.8 Å². The summed E-state index contributed by atoms with van der Waals surface area (Å²) < 4.78 is 0. The van der Waals surface area contributed by atoms with Crippen LogP contribution in [0.4, 0.5) is 17.1 Å². The molecule has 10 aromatic carbocycles. The van der Waals surface area contributed by atoms with Gasteiger partial charge in [0.1, 0.15) is 0 Å². The van der Waals surface area contributed by atoms with Gasteiger partial charge < -0.3 is 4.90 Å². The fourth-order valence-corrected chi connectivity index (χ4v) is 12.7. The van der Waals surface area contributed by atoms with Gasteiger partial charge in [0.25, 0.3) is 0 Å². The van der Waals surface area contributed by atoms with E-state index in [-0.39, 0.29) is 5.41 Å². The second kappa shape index (κ2) is 14.1. The second-order valence-electron chi connectivity index (χ2n) is 18.0. The molecule has 10 aromatic rings. The summed E-state index contributed by atoms with van der Waals surface area (Å²) in [6, 6.07) is 83.8. The van der Waals surface area contributed by atoms with Gasteiger partial charge in [-0.1, -0.05) is 208 Å². The van der Waals surface area contributed by atoms with Crippen LogP contribution in [-0.4, -0.2) is 0 Å². The molecule has 1 aliphatic heterocycles. The van der Waals surface area contributed by atoms with Crippen molar-refractivity contribution in [1.82, 2.24) is 0 Å². The Kier molecular flexibility index (Phi) is 8.17. The predicted molar refractivity (Wildman–Crippen MR) is 268 cm³/mol. The lowest BCUT2D eigenvalue weighted by Gasteiger charge is -2.40. The molecule has 0 aromatic heterocycles. The molecular weight excluding hydrogens is 791 g/mol. The van der Waals surface area contributed by atoms with Crippen LogP contribution in [0.1, 0.15) is 47.2 Å². The fraction of sp³-hybridized carbons (Fsp3) is 0.0645. The van der Waals surface area contributed by atoms with E-state index in [9.17, 15) is 0 Å². The van der Waals surface area contributed by atoms with E-state index in [0.717, 1.165) is 17.1 Å². The van der Waals surface area contributed by atoms with E-state index < -0.39 is 5.41 Å². The van der Waals surface area contributed by atoms with Crippen molar-refractivity contribution >= 4 is 39.6 Å². The average Bonchev–Trinajstić information content (AvgIpc) is 3.78. The molecule has 64 heavy (non-hydrogen) atoms. The minimum Gasteiger partial charge on any atom is -0.310 e. The molecule has 1 heterocycles. The van der Waals surface area contributed by atoms with Gasteiger partial charge in [-0.15, -0.1) is 0 Å². The van der Waals surface area contributed by atoms with Crippen LogP contribution in [0.25, 0.3) is 55.3 Å². The van der Waals surface area contributed by atoms with Crippen LogP contribution in [0, 0.1) is 0 Å². The Hall–Kier alpha value is -7.39. The Balaban J connectivity index is 0.964. The molecular formula is C62H43NS. The lowest BCUT2D eigenvalue weighted by atomic mass is 9.67. The van der Waals surface area contributed by atoms with Crippen molar-refractivity contribution in [1.29, 1.82) is 0 Å². The first-order valence-corrected chi connectivity index (χ1v) is 23.2. The third-order valence-electron chi connectivity index (χ3n) is 14.3. The summed E-state index contributed by atoms with van der Waals surface area (Å²) in [6.07, 6.45) is 0. The number of nitrogens with zero attached hydrogens (tertiary/aromatic N) is 1. The van der Waals surface area contributed by atoms with E-state index in [0.29, 0.717) is 0 Å². The predicted octanol–water partition coefficient (Wildman–Crippen LogP) is 16.8. The van der Waals surface area contributed by atoms with Crippen LogP contribution in [0.2, 0.25) is 0 Å². The average molecular weight is 834 g/mol. The molecule has 302 valence electrons. The number of hydrogen-bond donors (Lipinski definition) is 0. The quantitative estimate of drug-likeness (QED) is 0.170. The number of rotatable bonds is 5. The summed E-state index contributed by atoms with van der Waals surface area (Å²) in [5.74, 6) is 0. The summed E-state index contributed by atoms with van der Waals surface area (Å²) in [6.45, 7) is 4.72. The summed E-state index contributed by atoms with van der Waals surface area (Å²) in [4.78, 5) is 5.05. The molecule has 0 saturated heterocycles. The van der Waals surface area contributed by atoms with Crippen LogP contribution >= 0.6 is 11.8 Å². The third kappa shape index (κ3) is 5.27. The topological polar surface area (TPSA) is 3.24 Å². The van der Waals surface area contributed by atoms with Crippen LogP contribution in [-0.2, 0) is 10.8 Å². The number of benzene rings is 10. The largest absolute Gasteiger partial charge is 0.310 e. The van der Waals surface area contributed by atoms with Gasteiger partial charge in [-0.05, 0) is 131 Å². The maximum atomic E-state index is 2.43. The highest BCUT2D eigenvalue weighted by atomic mass is 32.2. The molecule has 0 amide bonds. The van der Waals surface area contributed by atoms with E-state index in [1.54, 1.807) is 0 Å². The maximum Gasteiger partial charge on any atom is 0.0735 e. The van der Waals surface area contributed by atoms with Crippen molar-refractivity contribution in [2.75, 3.05) is 4.90 Å². The van der Waals surface area contributed by atoms with Crippen molar-refractivity contribution < 1.29 is 0 Å². The van der Waals surface area contributed by atoms with Gasteiger partial charge in [0, 0.05) is 32.3 Å². The van der Waals surface area contributed by atoms with E-state index in [2.05, 4.69) is 243 Å². The number of anilines is 3. The molecule has 1 spiro atoms. The van der Waals surface area contributed by atoms with Crippen LogP contribution in [0.3, 0.4) is 0 Å². The monoisotopic (exact) mass is 833 g/mol. The molecule has 2 aliphatic carbocycles. The Morgan fingerprint density at radius 2 is 0.938 bits per heavy atom. The molecule has 0 bridgehead atoms. The Bertz CT molecular complexity index is 3490. The third-order valence-corrected chi connectivity index (χ3v) is 15.6. The van der Waals surface area contributed by atoms with E-state index >= 15 is 0 Å². The highest BCUT2D eigenvalue weighted by Crippen LogP contribution is 2.64. The van der Waals surface area contributed by atoms with Gasteiger partial charge in [0.05, 0.1) is 5.41 Å². The standard InChI is InChI=1S/C62H43NS/c1-61(2)52-22-10-8-19-49(52)50-37-36-46(39-57(50)61)63(44-32-27-41(28-33-44)40-15-4-3-5-16-40)45-34-29-43(30-35-45)48-21-14-25-56-60(48)64-58-26-13-12-24-54(58)62(56)53-23-11-9-20-51(53)59-47-18-7-6-17-42(47)31-38-55(59)62/h3-39H,1-2H3. The lowest BCUT2D eigenvalue weighted by Crippen LogP contribution is -2.32. The van der Waals surface area contributed by atoms with Gasteiger partial charge in [-0.25, -0.2) is 0 Å². The van der Waals surface area contributed by atoms with Crippen LogP contribution in [0.5, 0.6) is 0 Å². The van der Waals surface area contributed by atoms with E-state index in [4.69, 9.17) is 0 Å². The van der Waals surface area contributed by atoms with Gasteiger partial charge in [-0.3, -0.25) is 0 Å². The van der Waals surface area contributed by atoms with Crippen molar-refractivity contribution in [2.45, 2.75) is 34.5 Å². The van der Waals surface area contributed by atoms with E-state index in [1.165, 1.54) is 98.5 Å². The molecule has 13 rings (SSSR count). The summed E-state index contributed by atoms with van der Waals surface area (Å²) >= 11 is 1.92. The Labute approximate surface area is 379 Å². The number of fused-ring (bicyclic) bond motifs is 14. The zero-order chi connectivity index (χ0) is 42.6. The molecule has 1 nitrogen and oxygen atoms in total. The molecule has 0 fully saturated rings. The first-order chi connectivity index (χ1) is 31.5. The fourth-order valence-electron chi connectivity index (χ4n) is 11.4. The van der Waals surface area contributed by atoms with Gasteiger partial charge >= 0.3 is 0 Å². The normalized spacial score (nSPS) is 15.8. The second-order valence-corrected chi connectivity index (χ2v) is 19.0. The maximum absolute atomic E-state index is 2.43. The Morgan fingerprint density at radius 3 is 1.73 bits per heavy atom. The first-order valence-electron chi connectivity index (χ1n) is 22.3. The summed E-state index contributed by atoms with van der Waals surface area (Å²) in [5.41, 5.74) is 21.2. The van der Waals surface area contributed by atoms with Crippen molar-refractivity contribution in [2.24, 2.45) is 0 Å². The Morgan fingerprint density at radius 1 is 0.359 bits per heavy atom. The zero-order valence-electron chi connectivity index (χ0n) is 35.7. The van der Waals surface area contributed by atoms with Crippen molar-refractivity contribution in [3.05, 3.63) is 258 Å². The van der Waals surface area contributed by atoms with Gasteiger partial charge in [0.15, 0.2) is 0 Å². The minimum absolute atomic E-state index is 0.109. The summed E-state index contributed by atoms with van der Waals surface area (Å²) in [7, 11) is 0.